The van der Waals surface area contributed by atoms with E-state index in [2.05, 4.69) is 16.4 Å². The number of rotatable bonds is 0. The first kappa shape index (κ1) is 6.55. The first-order chi connectivity index (χ1) is 5.36. The monoisotopic (exact) mass is 163 g/mol. The lowest BCUT2D eigenvalue weighted by Gasteiger charge is -1.93. The van der Waals surface area contributed by atoms with Gasteiger partial charge in [-0.2, -0.15) is 0 Å². The maximum atomic E-state index is 5.74. The van der Waals surface area contributed by atoms with Gasteiger partial charge in [0.15, 0.2) is 0 Å². The molecule has 0 unspecified atom stereocenters. The summed E-state index contributed by atoms with van der Waals surface area (Å²) in [5.74, 6) is 0. The van der Waals surface area contributed by atoms with Crippen LogP contribution in [0.25, 0.3) is 10.9 Å². The molecule has 1 radical (unpaired) electrons. The molecule has 11 heavy (non-hydrogen) atoms. The summed E-state index contributed by atoms with van der Waals surface area (Å²) < 4.78 is 0. The van der Waals surface area contributed by atoms with Crippen LogP contribution in [0.5, 0.6) is 0 Å². The van der Waals surface area contributed by atoms with Crippen molar-refractivity contribution in [1.29, 1.82) is 0 Å². The van der Waals surface area contributed by atoms with Crippen molar-refractivity contribution in [1.82, 2.24) is 10.2 Å². The summed E-state index contributed by atoms with van der Waals surface area (Å²) in [5.41, 5.74) is 0.802. The number of halogens is 1. The molecule has 0 N–H and O–H groups in total. The van der Waals surface area contributed by atoms with Crippen LogP contribution in [0.1, 0.15) is 0 Å². The lowest BCUT2D eigenvalue weighted by Crippen LogP contribution is -1.81. The quantitative estimate of drug-likeness (QED) is 0.594. The van der Waals surface area contributed by atoms with Crippen LogP contribution < -0.4 is 0 Å². The zero-order valence-electron chi connectivity index (χ0n) is 5.58. The Hall–Kier alpha value is -1.15. The Morgan fingerprint density at radius 2 is 2.27 bits per heavy atom. The molecule has 0 saturated carbocycles. The molecule has 0 spiro atoms. The van der Waals surface area contributed by atoms with Gasteiger partial charge in [-0.3, -0.25) is 0 Å². The number of hydrogen-bond acceptors (Lipinski definition) is 2. The average Bonchev–Trinajstić information content (AvgIpc) is 2.04. The Kier molecular flexibility index (Phi) is 1.47. The van der Waals surface area contributed by atoms with Crippen molar-refractivity contribution in [2.45, 2.75) is 0 Å². The first-order valence-corrected chi connectivity index (χ1v) is 3.53. The minimum Gasteiger partial charge on any atom is -0.150 e. The van der Waals surface area contributed by atoms with Gasteiger partial charge in [-0.05, 0) is 18.2 Å². The molecule has 0 aliphatic heterocycles. The van der Waals surface area contributed by atoms with E-state index in [1.165, 1.54) is 0 Å². The van der Waals surface area contributed by atoms with Crippen LogP contribution in [-0.2, 0) is 0 Å². The second kappa shape index (κ2) is 2.47. The van der Waals surface area contributed by atoms with Crippen LogP contribution in [0, 0.1) is 6.20 Å². The number of nitrogens with zero attached hydrogens (tertiary/aromatic N) is 2. The van der Waals surface area contributed by atoms with Crippen molar-refractivity contribution < 1.29 is 0 Å². The van der Waals surface area contributed by atoms with Crippen molar-refractivity contribution in [2.24, 2.45) is 0 Å². The van der Waals surface area contributed by atoms with Gasteiger partial charge in [0.25, 0.3) is 0 Å². The van der Waals surface area contributed by atoms with E-state index in [-0.39, 0.29) is 0 Å². The number of hydrogen-bond donors (Lipinski definition) is 0. The molecular formula is C8H4ClN2. The van der Waals surface area contributed by atoms with Crippen LogP contribution in [0.3, 0.4) is 0 Å². The summed E-state index contributed by atoms with van der Waals surface area (Å²) in [4.78, 5) is 0. The van der Waals surface area contributed by atoms with Crippen LogP contribution >= 0.6 is 11.6 Å². The summed E-state index contributed by atoms with van der Waals surface area (Å²) >= 11 is 5.74. The van der Waals surface area contributed by atoms with Crippen molar-refractivity contribution in [3.63, 3.8) is 0 Å². The highest BCUT2D eigenvalue weighted by Gasteiger charge is 1.93. The van der Waals surface area contributed by atoms with Gasteiger partial charge in [0.05, 0.1) is 5.52 Å². The normalized spacial score (nSPS) is 10.3. The van der Waals surface area contributed by atoms with Gasteiger partial charge in [-0.15, -0.1) is 10.2 Å². The van der Waals surface area contributed by atoms with Gasteiger partial charge in [0.1, 0.15) is 6.20 Å². The molecular weight excluding hydrogens is 160 g/mol. The van der Waals surface area contributed by atoms with E-state index in [4.69, 9.17) is 11.6 Å². The fourth-order valence-corrected chi connectivity index (χ4v) is 1.07. The lowest BCUT2D eigenvalue weighted by atomic mass is 10.2. The number of aromatic nitrogens is 2. The summed E-state index contributed by atoms with van der Waals surface area (Å²) in [7, 11) is 0. The molecule has 2 nitrogen and oxygen atoms in total. The van der Waals surface area contributed by atoms with Gasteiger partial charge in [-0.1, -0.05) is 17.7 Å². The van der Waals surface area contributed by atoms with E-state index in [0.29, 0.717) is 5.02 Å². The smallest absolute Gasteiger partial charge is 0.114 e. The summed E-state index contributed by atoms with van der Waals surface area (Å²) in [6.07, 6.45) is 2.65. The highest BCUT2D eigenvalue weighted by Crippen LogP contribution is 2.15. The van der Waals surface area contributed by atoms with Crippen LogP contribution in [-0.4, -0.2) is 10.2 Å². The number of benzene rings is 1. The predicted molar refractivity (Wildman–Crippen MR) is 43.4 cm³/mol. The molecule has 0 aliphatic rings. The van der Waals surface area contributed by atoms with E-state index in [1.807, 2.05) is 12.1 Å². The maximum Gasteiger partial charge on any atom is 0.114 e. The van der Waals surface area contributed by atoms with E-state index in [0.717, 1.165) is 10.9 Å². The minimum absolute atomic E-state index is 0.679. The Bertz CT molecular complexity index is 387. The highest BCUT2D eigenvalue weighted by atomic mass is 35.5. The molecule has 0 atom stereocenters. The molecule has 0 fully saturated rings. The van der Waals surface area contributed by atoms with Crippen molar-refractivity contribution >= 4 is 22.5 Å². The minimum atomic E-state index is 0.679. The third kappa shape index (κ3) is 1.17. The molecule has 1 aromatic carbocycles. The third-order valence-electron chi connectivity index (χ3n) is 1.43. The average molecular weight is 164 g/mol. The Balaban J connectivity index is 2.83. The molecule has 0 saturated heterocycles. The number of fused-ring (bicyclic) bond motifs is 1. The van der Waals surface area contributed by atoms with E-state index < -0.39 is 0 Å². The molecule has 2 aromatic rings. The van der Waals surface area contributed by atoms with E-state index in [1.54, 1.807) is 12.1 Å². The van der Waals surface area contributed by atoms with Crippen LogP contribution in [0.4, 0.5) is 0 Å². The SMILES string of the molecule is Clc1ccc2c[c]nnc2c1. The standard InChI is InChI=1S/C8H4ClN2/c9-7-2-1-6-3-4-10-11-8(6)5-7/h1-3,5H. The van der Waals surface area contributed by atoms with E-state index in [9.17, 15) is 0 Å². The Morgan fingerprint density at radius 1 is 1.36 bits per heavy atom. The fraction of sp³-hybridized carbons (Fsp3) is 0. The van der Waals surface area contributed by atoms with Crippen molar-refractivity contribution in [3.8, 4) is 0 Å². The Morgan fingerprint density at radius 3 is 3.18 bits per heavy atom. The van der Waals surface area contributed by atoms with Crippen molar-refractivity contribution in [2.75, 3.05) is 0 Å². The van der Waals surface area contributed by atoms with Crippen molar-refractivity contribution in [3.05, 3.63) is 35.5 Å². The van der Waals surface area contributed by atoms with Crippen LogP contribution in [0.15, 0.2) is 24.3 Å². The van der Waals surface area contributed by atoms with Gasteiger partial charge in [0.2, 0.25) is 0 Å². The predicted octanol–water partition coefficient (Wildman–Crippen LogP) is 2.08. The van der Waals surface area contributed by atoms with Gasteiger partial charge in [0, 0.05) is 10.4 Å². The molecule has 3 heteroatoms. The van der Waals surface area contributed by atoms with Gasteiger partial charge >= 0.3 is 0 Å². The molecule has 0 aliphatic carbocycles. The lowest BCUT2D eigenvalue weighted by molar-refractivity contribution is 1.07. The zero-order valence-corrected chi connectivity index (χ0v) is 6.34. The maximum absolute atomic E-state index is 5.74. The highest BCUT2D eigenvalue weighted by molar-refractivity contribution is 6.31. The third-order valence-corrected chi connectivity index (χ3v) is 1.66. The molecule has 0 bridgehead atoms. The summed E-state index contributed by atoms with van der Waals surface area (Å²) in [6.45, 7) is 0. The van der Waals surface area contributed by atoms with Gasteiger partial charge in [-0.25, -0.2) is 0 Å². The van der Waals surface area contributed by atoms with E-state index >= 15 is 0 Å². The molecule has 2 rings (SSSR count). The van der Waals surface area contributed by atoms with Gasteiger partial charge < -0.3 is 0 Å². The second-order valence-corrected chi connectivity index (χ2v) is 2.61. The molecule has 0 amide bonds. The first-order valence-electron chi connectivity index (χ1n) is 3.15. The fourth-order valence-electron chi connectivity index (χ4n) is 0.907. The Labute approximate surface area is 68.8 Å². The van der Waals surface area contributed by atoms with Crippen LogP contribution in [0.2, 0.25) is 5.02 Å². The zero-order chi connectivity index (χ0) is 7.68. The topological polar surface area (TPSA) is 25.8 Å². The molecule has 53 valence electrons. The molecule has 1 aromatic heterocycles. The summed E-state index contributed by atoms with van der Waals surface area (Å²) in [6, 6.07) is 7.26. The second-order valence-electron chi connectivity index (χ2n) is 2.18. The summed E-state index contributed by atoms with van der Waals surface area (Å²) in [5, 5.41) is 9.16. The largest absolute Gasteiger partial charge is 0.150 e. The molecule has 1 heterocycles.